The Morgan fingerprint density at radius 3 is 1.57 bits per heavy atom. The van der Waals surface area contributed by atoms with Crippen LogP contribution >= 0.6 is 0 Å². The van der Waals surface area contributed by atoms with Crippen LogP contribution in [0.5, 0.6) is 0 Å². The fourth-order valence-electron chi connectivity index (χ4n) is 4.12. The minimum absolute atomic E-state index is 0.185. The minimum Gasteiger partial charge on any atom is -0.370 e. The summed E-state index contributed by atoms with van der Waals surface area (Å²) in [6, 6.07) is 10.4. The molecule has 2 nitrogen and oxygen atoms in total. The van der Waals surface area contributed by atoms with Crippen LogP contribution in [-0.4, -0.2) is 5.91 Å². The summed E-state index contributed by atoms with van der Waals surface area (Å²) in [5.41, 5.74) is 6.70. The van der Waals surface area contributed by atoms with E-state index in [1.165, 1.54) is 102 Å². The first-order valence-electron chi connectivity index (χ1n) is 12.1. The highest BCUT2D eigenvalue weighted by Crippen LogP contribution is 2.26. The van der Waals surface area contributed by atoms with Crippen molar-refractivity contribution in [2.75, 3.05) is 0 Å². The predicted octanol–water partition coefficient (Wildman–Crippen LogP) is 7.91. The van der Waals surface area contributed by atoms with Crippen molar-refractivity contribution in [1.82, 2.24) is 0 Å². The lowest BCUT2D eigenvalue weighted by atomic mass is 9.90. The summed E-state index contributed by atoms with van der Waals surface area (Å²) < 4.78 is 0. The van der Waals surface area contributed by atoms with E-state index in [9.17, 15) is 4.79 Å². The second-order valence-electron chi connectivity index (χ2n) is 8.52. The number of unbranched alkanes of at least 4 members (excludes halogenated alkanes) is 14. The largest absolute Gasteiger partial charge is 0.370 e. The molecular formula is C26H45NO. The number of benzene rings is 1. The number of hydrogen-bond donors (Lipinski definition) is 1. The molecule has 0 bridgehead atoms. The van der Waals surface area contributed by atoms with Crippen LogP contribution in [-0.2, 0) is 4.79 Å². The number of amides is 1. The van der Waals surface area contributed by atoms with Gasteiger partial charge in [-0.2, -0.15) is 0 Å². The highest BCUT2D eigenvalue weighted by molar-refractivity contribution is 5.74. The zero-order valence-electron chi connectivity index (χ0n) is 18.5. The smallest absolute Gasteiger partial charge is 0.218 e. The van der Waals surface area contributed by atoms with Gasteiger partial charge in [0, 0.05) is 6.42 Å². The first kappa shape index (κ1) is 24.7. The van der Waals surface area contributed by atoms with Gasteiger partial charge in [-0.3, -0.25) is 4.79 Å². The third-order valence-corrected chi connectivity index (χ3v) is 5.87. The maximum atomic E-state index is 11.4. The number of carbonyl (C=O) groups is 1. The molecule has 1 unspecified atom stereocenters. The van der Waals surface area contributed by atoms with Gasteiger partial charge in [-0.1, -0.05) is 134 Å². The van der Waals surface area contributed by atoms with E-state index in [1.807, 2.05) is 6.07 Å². The Bertz CT molecular complexity index is 471. The lowest BCUT2D eigenvalue weighted by molar-refractivity contribution is -0.118. The summed E-state index contributed by atoms with van der Waals surface area (Å²) in [7, 11) is 0. The summed E-state index contributed by atoms with van der Waals surface area (Å²) in [4.78, 5) is 11.4. The Kier molecular flexibility index (Phi) is 15.7. The molecule has 1 atom stereocenters. The van der Waals surface area contributed by atoms with Crippen molar-refractivity contribution >= 4 is 5.91 Å². The van der Waals surface area contributed by atoms with Crippen molar-refractivity contribution in [3.8, 4) is 0 Å². The number of nitrogens with two attached hydrogens (primary N) is 1. The topological polar surface area (TPSA) is 43.1 Å². The van der Waals surface area contributed by atoms with E-state index in [-0.39, 0.29) is 5.91 Å². The van der Waals surface area contributed by atoms with E-state index >= 15 is 0 Å². The summed E-state index contributed by atoms with van der Waals surface area (Å²) >= 11 is 0. The fourth-order valence-corrected chi connectivity index (χ4v) is 4.12. The predicted molar refractivity (Wildman–Crippen MR) is 123 cm³/mol. The van der Waals surface area contributed by atoms with Crippen molar-refractivity contribution in [2.24, 2.45) is 5.73 Å². The Morgan fingerprint density at radius 1 is 0.714 bits per heavy atom. The van der Waals surface area contributed by atoms with Crippen LogP contribution in [0.4, 0.5) is 0 Å². The van der Waals surface area contributed by atoms with Crippen LogP contribution in [0.3, 0.4) is 0 Å². The third kappa shape index (κ3) is 13.8. The second-order valence-corrected chi connectivity index (χ2v) is 8.52. The molecule has 28 heavy (non-hydrogen) atoms. The van der Waals surface area contributed by atoms with Gasteiger partial charge in [0.1, 0.15) is 0 Å². The van der Waals surface area contributed by atoms with Gasteiger partial charge in [0.15, 0.2) is 0 Å². The molecule has 0 saturated heterocycles. The molecule has 2 heteroatoms. The molecule has 0 spiro atoms. The standard InChI is InChI=1S/C26H45NO/c1-2-3-4-5-6-7-8-9-10-11-12-13-14-15-17-22-25(23-26(27)28)24-20-18-16-19-21-24/h16,18-21,25H,2-15,17,22-23H2,1H3,(H2,27,28). The van der Waals surface area contributed by atoms with E-state index in [4.69, 9.17) is 5.73 Å². The van der Waals surface area contributed by atoms with Crippen LogP contribution < -0.4 is 5.73 Å². The van der Waals surface area contributed by atoms with Gasteiger partial charge >= 0.3 is 0 Å². The summed E-state index contributed by atoms with van der Waals surface area (Å²) in [6.45, 7) is 2.28. The van der Waals surface area contributed by atoms with Crippen molar-refractivity contribution in [3.05, 3.63) is 35.9 Å². The van der Waals surface area contributed by atoms with Crippen LogP contribution in [0.1, 0.15) is 128 Å². The van der Waals surface area contributed by atoms with Crippen molar-refractivity contribution in [2.45, 2.75) is 122 Å². The molecule has 0 heterocycles. The molecule has 0 fully saturated rings. The highest BCUT2D eigenvalue weighted by atomic mass is 16.1. The zero-order chi connectivity index (χ0) is 20.3. The Hall–Kier alpha value is -1.31. The van der Waals surface area contributed by atoms with Gasteiger partial charge in [0.05, 0.1) is 0 Å². The molecule has 0 saturated carbocycles. The first-order valence-corrected chi connectivity index (χ1v) is 12.1. The van der Waals surface area contributed by atoms with Crippen LogP contribution in [0.15, 0.2) is 30.3 Å². The molecule has 1 rings (SSSR count). The molecule has 1 amide bonds. The van der Waals surface area contributed by atoms with E-state index in [2.05, 4.69) is 31.2 Å². The Labute approximate surface area is 174 Å². The van der Waals surface area contributed by atoms with Gasteiger partial charge in [-0.25, -0.2) is 0 Å². The lowest BCUT2D eigenvalue weighted by Gasteiger charge is -2.15. The molecule has 0 aliphatic rings. The van der Waals surface area contributed by atoms with Crippen molar-refractivity contribution < 1.29 is 4.79 Å². The molecule has 1 aromatic carbocycles. The van der Waals surface area contributed by atoms with Crippen LogP contribution in [0.25, 0.3) is 0 Å². The Balaban J connectivity index is 1.94. The van der Waals surface area contributed by atoms with Gasteiger partial charge in [-0.15, -0.1) is 0 Å². The minimum atomic E-state index is -0.185. The van der Waals surface area contributed by atoms with Crippen LogP contribution in [0.2, 0.25) is 0 Å². The van der Waals surface area contributed by atoms with Gasteiger partial charge in [-0.05, 0) is 17.9 Å². The monoisotopic (exact) mass is 387 g/mol. The fraction of sp³-hybridized carbons (Fsp3) is 0.731. The zero-order valence-corrected chi connectivity index (χ0v) is 18.5. The molecule has 160 valence electrons. The second kappa shape index (κ2) is 17.8. The number of rotatable bonds is 19. The molecule has 1 aromatic rings. The first-order chi connectivity index (χ1) is 13.7. The third-order valence-electron chi connectivity index (χ3n) is 5.87. The molecular weight excluding hydrogens is 342 g/mol. The van der Waals surface area contributed by atoms with E-state index in [1.54, 1.807) is 0 Å². The number of carbonyl (C=O) groups excluding carboxylic acids is 1. The maximum Gasteiger partial charge on any atom is 0.218 e. The van der Waals surface area contributed by atoms with Gasteiger partial charge < -0.3 is 5.73 Å². The maximum absolute atomic E-state index is 11.4. The highest BCUT2D eigenvalue weighted by Gasteiger charge is 2.13. The van der Waals surface area contributed by atoms with E-state index < -0.39 is 0 Å². The average molecular weight is 388 g/mol. The van der Waals surface area contributed by atoms with Crippen molar-refractivity contribution in [1.29, 1.82) is 0 Å². The number of primary amides is 1. The normalized spacial score (nSPS) is 12.2. The molecule has 0 aliphatic heterocycles. The van der Waals surface area contributed by atoms with Gasteiger partial charge in [0.25, 0.3) is 0 Å². The van der Waals surface area contributed by atoms with Crippen molar-refractivity contribution in [3.63, 3.8) is 0 Å². The van der Waals surface area contributed by atoms with Crippen LogP contribution in [0, 0.1) is 0 Å². The summed E-state index contributed by atoms with van der Waals surface area (Å²) in [6.07, 6.45) is 22.3. The Morgan fingerprint density at radius 2 is 1.14 bits per heavy atom. The molecule has 0 radical (unpaired) electrons. The molecule has 0 aliphatic carbocycles. The van der Waals surface area contributed by atoms with E-state index in [0.717, 1.165) is 6.42 Å². The van der Waals surface area contributed by atoms with Gasteiger partial charge in [0.2, 0.25) is 5.91 Å². The summed E-state index contributed by atoms with van der Waals surface area (Å²) in [5, 5.41) is 0. The molecule has 0 aromatic heterocycles. The number of hydrogen-bond acceptors (Lipinski definition) is 1. The SMILES string of the molecule is CCCCCCCCCCCCCCCCCC(CC(N)=O)c1ccccc1. The average Bonchev–Trinajstić information content (AvgIpc) is 2.70. The lowest BCUT2D eigenvalue weighted by Crippen LogP contribution is -2.15. The van der Waals surface area contributed by atoms with E-state index in [0.29, 0.717) is 12.3 Å². The quantitative estimate of drug-likeness (QED) is 0.241. The summed E-state index contributed by atoms with van der Waals surface area (Å²) in [5.74, 6) is 0.107. The molecule has 2 N–H and O–H groups in total.